The molecule has 1 aliphatic heterocycles. The van der Waals surface area contributed by atoms with Crippen molar-refractivity contribution in [2.45, 2.75) is 48.4 Å². The lowest BCUT2D eigenvalue weighted by Crippen LogP contribution is -2.54. The topological polar surface area (TPSA) is 116 Å². The van der Waals surface area contributed by atoms with Crippen molar-refractivity contribution in [1.82, 2.24) is 18.9 Å². The summed E-state index contributed by atoms with van der Waals surface area (Å²) in [7, 11) is -6.59. The first-order valence-electron chi connectivity index (χ1n) is 8.84. The number of nitrogens with zero attached hydrogens (tertiary/aromatic N) is 2. The summed E-state index contributed by atoms with van der Waals surface area (Å²) in [5.41, 5.74) is 3.21. The molecule has 1 aromatic carbocycles. The van der Waals surface area contributed by atoms with Gasteiger partial charge in [0, 0.05) is 24.9 Å². The van der Waals surface area contributed by atoms with Crippen LogP contribution in [0.1, 0.15) is 24.8 Å². The van der Waals surface area contributed by atoms with Crippen molar-refractivity contribution in [2.24, 2.45) is 0 Å². The summed E-state index contributed by atoms with van der Waals surface area (Å²) in [5.74, 6) is -0.712. The molecule has 1 amide bonds. The third-order valence-corrected chi connectivity index (χ3v) is 8.39. The van der Waals surface area contributed by atoms with Crippen molar-refractivity contribution in [3.05, 3.63) is 29.8 Å². The summed E-state index contributed by atoms with van der Waals surface area (Å²) in [4.78, 5) is 12.7. The zero-order valence-corrected chi connectivity index (χ0v) is 18.1. The van der Waals surface area contributed by atoms with Crippen LogP contribution < -0.4 is 10.1 Å². The van der Waals surface area contributed by atoms with E-state index in [2.05, 4.69) is 22.8 Å². The highest BCUT2D eigenvalue weighted by Gasteiger charge is 2.44. The number of thiol groups is 1. The molecular weight excluding hydrogens is 424 g/mol. The lowest BCUT2D eigenvalue weighted by molar-refractivity contribution is -0.126. The van der Waals surface area contributed by atoms with Crippen LogP contribution in [-0.4, -0.2) is 62.4 Å². The Morgan fingerprint density at radius 1 is 1.18 bits per heavy atom. The minimum Gasteiger partial charge on any atom is -0.274 e. The zero-order chi connectivity index (χ0) is 20.7. The van der Waals surface area contributed by atoms with Crippen LogP contribution in [0.3, 0.4) is 0 Å². The predicted molar refractivity (Wildman–Crippen MR) is 107 cm³/mol. The molecule has 0 bridgehead atoms. The number of benzene rings is 1. The molecule has 9 nitrogen and oxygen atoms in total. The number of amides is 1. The second-order valence-electron chi connectivity index (χ2n) is 7.13. The molecule has 1 aromatic rings. The van der Waals surface area contributed by atoms with Gasteiger partial charge in [-0.1, -0.05) is 17.7 Å². The monoisotopic (exact) mass is 448 g/mol. The first kappa shape index (κ1) is 21.5. The van der Waals surface area contributed by atoms with E-state index < -0.39 is 32.2 Å². The van der Waals surface area contributed by atoms with E-state index in [9.17, 15) is 21.6 Å². The summed E-state index contributed by atoms with van der Waals surface area (Å²) in [6, 6.07) is 5.07. The van der Waals surface area contributed by atoms with Crippen LogP contribution in [0.4, 0.5) is 0 Å². The van der Waals surface area contributed by atoms with Gasteiger partial charge in [-0.3, -0.25) is 10.2 Å². The van der Waals surface area contributed by atoms with Crippen molar-refractivity contribution in [3.63, 3.8) is 0 Å². The Kier molecular flexibility index (Phi) is 6.09. The number of sulfonamides is 1. The summed E-state index contributed by atoms with van der Waals surface area (Å²) in [6.07, 6.45) is 1.73. The number of hydrogen-bond donors (Lipinski definition) is 3. The largest absolute Gasteiger partial charge is 0.280 e. The van der Waals surface area contributed by atoms with E-state index in [1.54, 1.807) is 12.1 Å². The Bertz CT molecular complexity index is 945. The van der Waals surface area contributed by atoms with E-state index in [0.29, 0.717) is 4.41 Å². The maximum Gasteiger partial charge on any atom is 0.280 e. The van der Waals surface area contributed by atoms with Crippen LogP contribution >= 0.6 is 12.6 Å². The predicted octanol–water partition coefficient (Wildman–Crippen LogP) is 0.0162. The molecular formula is C16H24N4O5S3. The molecule has 1 saturated carbocycles. The van der Waals surface area contributed by atoms with Gasteiger partial charge in [0.1, 0.15) is 6.04 Å². The second-order valence-corrected chi connectivity index (χ2v) is 11.5. The molecule has 2 N–H and O–H groups in total. The lowest BCUT2D eigenvalue weighted by Gasteiger charge is -2.25. The van der Waals surface area contributed by atoms with Gasteiger partial charge < -0.3 is 0 Å². The Hall–Kier alpha value is -1.18. The molecule has 2 fully saturated rings. The summed E-state index contributed by atoms with van der Waals surface area (Å²) in [6.45, 7) is 1.91. The van der Waals surface area contributed by atoms with Crippen molar-refractivity contribution < 1.29 is 21.6 Å². The Morgan fingerprint density at radius 2 is 1.79 bits per heavy atom. The molecule has 1 heterocycles. The zero-order valence-electron chi connectivity index (χ0n) is 15.6. The van der Waals surface area contributed by atoms with Gasteiger partial charge in [0.2, 0.25) is 0 Å². The quantitative estimate of drug-likeness (QED) is 0.402. The molecule has 0 radical (unpaired) electrons. The molecule has 156 valence electrons. The fourth-order valence-electron chi connectivity index (χ4n) is 2.93. The standard InChI is InChI=1S/C16H24N4O5S3/c1-11-3-7-14(8-4-11)27(22,23)19(2)17-16(21)15-9-13(26)10-20(15)28(24,25)18-12-5-6-12/h3-4,7-8,12-13,15,18,26H,5-6,9-10H2,1-2H3,(H,17,21)/t13-,15+/m1/s1. The van der Waals surface area contributed by atoms with Gasteiger partial charge in [-0.25, -0.2) is 8.42 Å². The highest BCUT2D eigenvalue weighted by molar-refractivity contribution is 7.89. The fourth-order valence-corrected chi connectivity index (χ4v) is 6.10. The fraction of sp³-hybridized carbons (Fsp3) is 0.562. The van der Waals surface area contributed by atoms with Crippen molar-refractivity contribution in [2.75, 3.05) is 13.6 Å². The number of carbonyl (C=O) groups excluding carboxylic acids is 1. The van der Waals surface area contributed by atoms with Gasteiger partial charge in [-0.15, -0.1) is 4.41 Å². The normalized spacial score (nSPS) is 23.9. The second kappa shape index (κ2) is 7.92. The van der Waals surface area contributed by atoms with E-state index in [1.807, 2.05) is 6.92 Å². The third kappa shape index (κ3) is 4.69. The Morgan fingerprint density at radius 3 is 2.36 bits per heavy atom. The molecule has 2 atom stereocenters. The van der Waals surface area contributed by atoms with Crippen molar-refractivity contribution in [3.8, 4) is 0 Å². The lowest BCUT2D eigenvalue weighted by atomic mass is 10.2. The number of rotatable bonds is 7. The Balaban J connectivity index is 1.74. The molecule has 0 spiro atoms. The van der Waals surface area contributed by atoms with Crippen LogP contribution in [0.25, 0.3) is 0 Å². The van der Waals surface area contributed by atoms with Crippen LogP contribution in [0, 0.1) is 6.92 Å². The average molecular weight is 449 g/mol. The third-order valence-electron chi connectivity index (χ3n) is 4.69. The number of hydrazine groups is 1. The number of carbonyl (C=O) groups is 1. The minimum atomic E-state index is -3.96. The van der Waals surface area contributed by atoms with Gasteiger partial charge >= 0.3 is 0 Å². The number of aryl methyl sites for hydroxylation is 1. The molecule has 0 unspecified atom stereocenters. The summed E-state index contributed by atoms with van der Waals surface area (Å²) < 4.78 is 54.7. The summed E-state index contributed by atoms with van der Waals surface area (Å²) in [5, 5.41) is -0.314. The highest BCUT2D eigenvalue weighted by atomic mass is 32.2. The first-order valence-corrected chi connectivity index (χ1v) is 12.2. The van der Waals surface area contributed by atoms with Gasteiger partial charge in [-0.2, -0.15) is 30.1 Å². The first-order chi connectivity index (χ1) is 13.0. The molecule has 28 heavy (non-hydrogen) atoms. The number of hydrogen-bond acceptors (Lipinski definition) is 6. The van der Waals surface area contributed by atoms with Crippen LogP contribution in [-0.2, 0) is 25.0 Å². The molecule has 2 aliphatic rings. The SMILES string of the molecule is Cc1ccc(S(=O)(=O)N(C)NC(=O)[C@@H]2C[C@@H](S)CN2S(=O)(=O)NC2CC2)cc1. The van der Waals surface area contributed by atoms with Crippen LogP contribution in [0.15, 0.2) is 29.2 Å². The van der Waals surface area contributed by atoms with E-state index in [4.69, 9.17) is 0 Å². The van der Waals surface area contributed by atoms with E-state index in [0.717, 1.165) is 22.7 Å². The molecule has 0 aromatic heterocycles. The molecule has 12 heteroatoms. The van der Waals surface area contributed by atoms with Gasteiger partial charge in [0.05, 0.1) is 4.90 Å². The minimum absolute atomic E-state index is 0.0271. The molecule has 3 rings (SSSR count). The molecule has 1 aliphatic carbocycles. The van der Waals surface area contributed by atoms with Crippen molar-refractivity contribution >= 4 is 38.8 Å². The maximum atomic E-state index is 12.7. The van der Waals surface area contributed by atoms with Crippen LogP contribution in [0.5, 0.6) is 0 Å². The highest BCUT2D eigenvalue weighted by Crippen LogP contribution is 2.27. The van der Waals surface area contributed by atoms with E-state index in [1.165, 1.54) is 19.2 Å². The smallest absolute Gasteiger partial charge is 0.274 e. The van der Waals surface area contributed by atoms with Gasteiger partial charge in [-0.05, 0) is 38.3 Å². The van der Waals surface area contributed by atoms with Gasteiger partial charge in [0.15, 0.2) is 0 Å². The average Bonchev–Trinajstić information content (AvgIpc) is 3.31. The van der Waals surface area contributed by atoms with Gasteiger partial charge in [0.25, 0.3) is 26.1 Å². The summed E-state index contributed by atoms with van der Waals surface area (Å²) >= 11 is 4.31. The maximum absolute atomic E-state index is 12.7. The van der Waals surface area contributed by atoms with Crippen LogP contribution in [0.2, 0.25) is 0 Å². The number of nitrogens with one attached hydrogen (secondary N) is 2. The van der Waals surface area contributed by atoms with E-state index in [-0.39, 0.29) is 29.2 Å². The van der Waals surface area contributed by atoms with Crippen molar-refractivity contribution in [1.29, 1.82) is 0 Å². The molecule has 1 saturated heterocycles. The van der Waals surface area contributed by atoms with E-state index >= 15 is 0 Å². The Labute approximate surface area is 171 Å².